The van der Waals surface area contributed by atoms with Gasteiger partial charge in [0.1, 0.15) is 29.1 Å². The summed E-state index contributed by atoms with van der Waals surface area (Å²) >= 11 is 0. The standard InChI is InChI=1S/C22H19FN8O3S/c1-35(33,34)16-7-3-6-15-18(16)21(32)31(13-5-2-4-12(23)10-13)17(28-15)8-9-27-20-14(11-24)19(25)29-22(26)30-20/h2-7,10H,8-9H2,1H3,(H5,25,26,27,29,30). The summed E-state index contributed by atoms with van der Waals surface area (Å²) in [6.07, 6.45) is 1.11. The van der Waals surface area contributed by atoms with Crippen LogP contribution in [0, 0.1) is 17.1 Å². The lowest BCUT2D eigenvalue weighted by Crippen LogP contribution is -2.27. The molecule has 0 unspecified atom stereocenters. The van der Waals surface area contributed by atoms with Crippen LogP contribution < -0.4 is 22.3 Å². The molecule has 0 bridgehead atoms. The van der Waals surface area contributed by atoms with Crippen LogP contribution in [-0.4, -0.2) is 40.7 Å². The predicted octanol–water partition coefficient (Wildman–Crippen LogP) is 1.41. The van der Waals surface area contributed by atoms with Crippen molar-refractivity contribution in [2.45, 2.75) is 11.3 Å². The summed E-state index contributed by atoms with van der Waals surface area (Å²) in [5.41, 5.74) is 11.0. The zero-order chi connectivity index (χ0) is 25.3. The van der Waals surface area contributed by atoms with Gasteiger partial charge in [-0.2, -0.15) is 15.2 Å². The lowest BCUT2D eigenvalue weighted by atomic mass is 10.2. The summed E-state index contributed by atoms with van der Waals surface area (Å²) < 4.78 is 39.8. The Morgan fingerprint density at radius 2 is 1.89 bits per heavy atom. The van der Waals surface area contributed by atoms with E-state index in [-0.39, 0.29) is 63.4 Å². The molecule has 0 aliphatic rings. The molecule has 2 aromatic carbocycles. The van der Waals surface area contributed by atoms with Gasteiger partial charge in [-0.3, -0.25) is 9.36 Å². The Balaban J connectivity index is 1.84. The third kappa shape index (κ3) is 4.59. The number of nitrogens with one attached hydrogen (secondary N) is 1. The van der Waals surface area contributed by atoms with Gasteiger partial charge in [-0.15, -0.1) is 0 Å². The van der Waals surface area contributed by atoms with Crippen LogP contribution in [0.15, 0.2) is 52.2 Å². The average Bonchev–Trinajstić information content (AvgIpc) is 2.78. The van der Waals surface area contributed by atoms with Crippen molar-refractivity contribution in [2.24, 2.45) is 0 Å². The van der Waals surface area contributed by atoms with Gasteiger partial charge in [0.05, 0.1) is 21.5 Å². The van der Waals surface area contributed by atoms with Crippen molar-refractivity contribution in [2.75, 3.05) is 29.6 Å². The fraction of sp³-hybridized carbons (Fsp3) is 0.136. The second-order valence-corrected chi connectivity index (χ2v) is 9.53. The number of nitrogens with zero attached hydrogens (tertiary/aromatic N) is 5. The molecule has 0 amide bonds. The average molecular weight is 495 g/mol. The summed E-state index contributed by atoms with van der Waals surface area (Å²) in [6, 6.07) is 11.5. The van der Waals surface area contributed by atoms with Gasteiger partial charge >= 0.3 is 0 Å². The van der Waals surface area contributed by atoms with Gasteiger partial charge in [-0.1, -0.05) is 12.1 Å². The Bertz CT molecular complexity index is 1680. The third-order valence-corrected chi connectivity index (χ3v) is 6.24. The van der Waals surface area contributed by atoms with Gasteiger partial charge in [-0.25, -0.2) is 17.8 Å². The number of sulfone groups is 1. The van der Waals surface area contributed by atoms with Crippen LogP contribution in [0.3, 0.4) is 0 Å². The van der Waals surface area contributed by atoms with Crippen LogP contribution in [0.4, 0.5) is 22.0 Å². The summed E-state index contributed by atoms with van der Waals surface area (Å²) in [5, 5.41) is 12.2. The van der Waals surface area contributed by atoms with Gasteiger partial charge in [0.2, 0.25) is 5.95 Å². The number of anilines is 3. The van der Waals surface area contributed by atoms with E-state index in [9.17, 15) is 22.9 Å². The molecule has 0 spiro atoms. The number of hydrogen-bond acceptors (Lipinski definition) is 10. The highest BCUT2D eigenvalue weighted by Gasteiger charge is 2.20. The number of nitrogens with two attached hydrogens (primary N) is 2. The van der Waals surface area contributed by atoms with E-state index < -0.39 is 21.2 Å². The minimum absolute atomic E-state index is 0.00554. The third-order valence-electron chi connectivity index (χ3n) is 5.10. The van der Waals surface area contributed by atoms with E-state index in [0.717, 1.165) is 16.9 Å². The highest BCUT2D eigenvalue weighted by Crippen LogP contribution is 2.22. The van der Waals surface area contributed by atoms with Crippen LogP contribution in [-0.2, 0) is 16.3 Å². The largest absolute Gasteiger partial charge is 0.382 e. The van der Waals surface area contributed by atoms with Crippen LogP contribution in [0.2, 0.25) is 0 Å². The van der Waals surface area contributed by atoms with Gasteiger partial charge in [-0.05, 0) is 30.3 Å². The molecular formula is C22H19FN8O3S. The van der Waals surface area contributed by atoms with Crippen molar-refractivity contribution in [3.8, 4) is 11.8 Å². The number of rotatable bonds is 6. The Morgan fingerprint density at radius 1 is 1.14 bits per heavy atom. The minimum atomic E-state index is -3.75. The molecule has 178 valence electrons. The first kappa shape index (κ1) is 23.6. The summed E-state index contributed by atoms with van der Waals surface area (Å²) in [7, 11) is -3.75. The highest BCUT2D eigenvalue weighted by molar-refractivity contribution is 7.91. The van der Waals surface area contributed by atoms with Crippen molar-refractivity contribution >= 4 is 38.3 Å². The van der Waals surface area contributed by atoms with Crippen molar-refractivity contribution < 1.29 is 12.8 Å². The molecule has 0 saturated heterocycles. The van der Waals surface area contributed by atoms with Gasteiger partial charge in [0, 0.05) is 19.2 Å². The Morgan fingerprint density at radius 3 is 2.57 bits per heavy atom. The molecule has 0 saturated carbocycles. The van der Waals surface area contributed by atoms with E-state index in [1.165, 1.54) is 36.4 Å². The fourth-order valence-corrected chi connectivity index (χ4v) is 4.52. The monoisotopic (exact) mass is 494 g/mol. The van der Waals surface area contributed by atoms with E-state index in [1.54, 1.807) is 0 Å². The second kappa shape index (κ2) is 8.99. The summed E-state index contributed by atoms with van der Waals surface area (Å²) in [6.45, 7) is 0.129. The number of benzene rings is 2. The van der Waals surface area contributed by atoms with E-state index >= 15 is 0 Å². The molecule has 0 radical (unpaired) electrons. The normalized spacial score (nSPS) is 11.3. The molecule has 2 aromatic heterocycles. The molecule has 5 N–H and O–H groups in total. The molecule has 2 heterocycles. The maximum Gasteiger partial charge on any atom is 0.267 e. The second-order valence-electron chi connectivity index (χ2n) is 7.55. The summed E-state index contributed by atoms with van der Waals surface area (Å²) in [5.74, 6) is -0.466. The molecule has 0 aliphatic carbocycles. The van der Waals surface area contributed by atoms with E-state index in [0.29, 0.717) is 0 Å². The number of halogens is 1. The lowest BCUT2D eigenvalue weighted by molar-refractivity contribution is 0.602. The Labute approximate surface area is 198 Å². The van der Waals surface area contributed by atoms with Crippen molar-refractivity contribution in [3.05, 3.63) is 70.0 Å². The lowest BCUT2D eigenvalue weighted by Gasteiger charge is -2.16. The minimum Gasteiger partial charge on any atom is -0.382 e. The molecule has 4 rings (SSSR count). The Kier molecular flexibility index (Phi) is 6.06. The highest BCUT2D eigenvalue weighted by atomic mass is 32.2. The quantitative estimate of drug-likeness (QED) is 0.354. The Hall–Kier alpha value is -4.57. The zero-order valence-electron chi connectivity index (χ0n) is 18.4. The molecule has 4 aromatic rings. The summed E-state index contributed by atoms with van der Waals surface area (Å²) in [4.78, 5) is 25.6. The number of fused-ring (bicyclic) bond motifs is 1. The topological polar surface area (TPSA) is 183 Å². The van der Waals surface area contributed by atoms with Crippen molar-refractivity contribution in [1.82, 2.24) is 19.5 Å². The van der Waals surface area contributed by atoms with E-state index in [1.807, 2.05) is 6.07 Å². The maximum absolute atomic E-state index is 14.0. The van der Waals surface area contributed by atoms with Gasteiger partial charge in [0.15, 0.2) is 15.7 Å². The van der Waals surface area contributed by atoms with Gasteiger partial charge in [0.25, 0.3) is 5.56 Å². The van der Waals surface area contributed by atoms with Crippen molar-refractivity contribution in [1.29, 1.82) is 5.26 Å². The van der Waals surface area contributed by atoms with E-state index in [2.05, 4.69) is 20.3 Å². The van der Waals surface area contributed by atoms with Crippen LogP contribution in [0.1, 0.15) is 11.4 Å². The fourth-order valence-electron chi connectivity index (χ4n) is 3.63. The number of hydrogen-bond donors (Lipinski definition) is 3. The molecule has 0 atom stereocenters. The SMILES string of the molecule is CS(=O)(=O)c1cccc2nc(CCNc3nc(N)nc(N)c3C#N)n(-c3cccc(F)c3)c(=O)c12. The van der Waals surface area contributed by atoms with Crippen molar-refractivity contribution in [3.63, 3.8) is 0 Å². The van der Waals surface area contributed by atoms with Gasteiger partial charge < -0.3 is 16.8 Å². The maximum atomic E-state index is 14.0. The number of nitrogen functional groups attached to an aromatic ring is 2. The molecule has 0 fully saturated rings. The van der Waals surface area contributed by atoms with E-state index in [4.69, 9.17) is 11.5 Å². The molecule has 35 heavy (non-hydrogen) atoms. The molecule has 13 heteroatoms. The smallest absolute Gasteiger partial charge is 0.267 e. The zero-order valence-corrected chi connectivity index (χ0v) is 19.2. The molecular weight excluding hydrogens is 475 g/mol. The molecule has 0 aliphatic heterocycles. The van der Waals surface area contributed by atoms with Crippen LogP contribution in [0.5, 0.6) is 0 Å². The first-order chi connectivity index (χ1) is 16.6. The number of aromatic nitrogens is 4. The first-order valence-electron chi connectivity index (χ1n) is 10.2. The number of nitriles is 1. The van der Waals surface area contributed by atoms with Crippen LogP contribution >= 0.6 is 0 Å². The molecule has 11 nitrogen and oxygen atoms in total. The van der Waals surface area contributed by atoms with Crippen LogP contribution in [0.25, 0.3) is 16.6 Å². The first-order valence-corrected chi connectivity index (χ1v) is 12.1. The predicted molar refractivity (Wildman–Crippen MR) is 128 cm³/mol.